The Bertz CT molecular complexity index is 1360. The van der Waals surface area contributed by atoms with Crippen LogP contribution in [-0.4, -0.2) is 42.1 Å². The van der Waals surface area contributed by atoms with Crippen LogP contribution in [0.4, 0.5) is 8.78 Å². The van der Waals surface area contributed by atoms with Gasteiger partial charge in [0.25, 0.3) is 0 Å². The second-order valence-corrected chi connectivity index (χ2v) is 11.9. The van der Waals surface area contributed by atoms with E-state index >= 15 is 8.78 Å². The Morgan fingerprint density at radius 2 is 1.84 bits per heavy atom. The molecule has 7 nitrogen and oxygen atoms in total. The van der Waals surface area contributed by atoms with Crippen LogP contribution in [0, 0.1) is 11.6 Å². The number of rotatable bonds is 6. The normalized spacial score (nSPS) is 23.7. The van der Waals surface area contributed by atoms with E-state index in [1.165, 1.54) is 10.6 Å². The van der Waals surface area contributed by atoms with E-state index in [-0.39, 0.29) is 36.2 Å². The van der Waals surface area contributed by atoms with Gasteiger partial charge in [-0.05, 0) is 50.3 Å². The van der Waals surface area contributed by atoms with Gasteiger partial charge >= 0.3 is 0 Å². The molecular formula is C27H30F2N2O5S. The number of sulfonamides is 1. The lowest BCUT2D eigenvalue weighted by Gasteiger charge is -2.38. The molecule has 2 aliphatic heterocycles. The molecule has 1 N–H and O–H groups in total. The predicted octanol–water partition coefficient (Wildman–Crippen LogP) is 4.60. The minimum Gasteiger partial charge on any atom is -0.448 e. The first kappa shape index (κ1) is 26.0. The van der Waals surface area contributed by atoms with Crippen LogP contribution in [0.3, 0.4) is 0 Å². The van der Waals surface area contributed by atoms with Crippen molar-refractivity contribution in [3.8, 4) is 0 Å². The van der Waals surface area contributed by atoms with Crippen LogP contribution >= 0.6 is 0 Å². The summed E-state index contributed by atoms with van der Waals surface area (Å²) in [4.78, 5) is 4.30. The Hall–Kier alpha value is -2.66. The fourth-order valence-electron chi connectivity index (χ4n) is 5.51. The summed E-state index contributed by atoms with van der Waals surface area (Å²) in [5.74, 6) is -1.16. The predicted molar refractivity (Wildman–Crippen MR) is 132 cm³/mol. The van der Waals surface area contributed by atoms with Crippen LogP contribution in [0.1, 0.15) is 66.1 Å². The lowest BCUT2D eigenvalue weighted by Crippen LogP contribution is -2.45. The fraction of sp³-hybridized carbons (Fsp3) is 0.444. The van der Waals surface area contributed by atoms with Crippen molar-refractivity contribution < 1.29 is 31.5 Å². The Morgan fingerprint density at radius 3 is 2.51 bits per heavy atom. The van der Waals surface area contributed by atoms with Crippen molar-refractivity contribution in [2.45, 2.75) is 62.5 Å². The molecule has 0 saturated carbocycles. The molecule has 5 rings (SSSR count). The van der Waals surface area contributed by atoms with Gasteiger partial charge in [-0.1, -0.05) is 30.3 Å². The standard InChI is InChI=1S/C27H30F2N2O5S/c1-18-7-8-25(19-5-3-2-4-6-19)37(33,34)31(18)15-20-13-24(29)22(14-23(20)28)27(9-11-35-12-10-27)26-30-21(16-32)17-36-26/h2-6,13-14,17-18,25,32H,7-12,15-16H2,1H3/t18-,25+/m0/s1. The SMILES string of the molecule is C[C@H]1CC[C@H](c2ccccc2)S(=O)(=O)N1Cc1cc(F)c(C2(c3nc(CO)co3)CCOCC2)cc1F. The number of nitrogens with zero attached hydrogens (tertiary/aromatic N) is 2. The van der Waals surface area contributed by atoms with E-state index < -0.39 is 32.3 Å². The van der Waals surface area contributed by atoms with Gasteiger partial charge in [0, 0.05) is 36.9 Å². The van der Waals surface area contributed by atoms with Crippen molar-refractivity contribution in [1.82, 2.24) is 9.29 Å². The third-order valence-corrected chi connectivity index (χ3v) is 10.0. The molecular weight excluding hydrogens is 502 g/mol. The minimum absolute atomic E-state index is 0.0314. The monoisotopic (exact) mass is 532 g/mol. The number of hydrogen-bond donors (Lipinski definition) is 1. The van der Waals surface area contributed by atoms with Gasteiger partial charge in [0.1, 0.15) is 28.8 Å². The molecule has 37 heavy (non-hydrogen) atoms. The molecule has 0 amide bonds. The molecule has 0 spiro atoms. The van der Waals surface area contributed by atoms with Gasteiger partial charge in [0.05, 0.1) is 12.0 Å². The molecule has 198 valence electrons. The second-order valence-electron chi connectivity index (χ2n) is 9.84. The number of aliphatic hydroxyl groups excluding tert-OH is 1. The molecule has 0 radical (unpaired) electrons. The topological polar surface area (TPSA) is 92.9 Å². The van der Waals surface area contributed by atoms with E-state index in [1.54, 1.807) is 31.2 Å². The first-order valence-electron chi connectivity index (χ1n) is 12.4. The lowest BCUT2D eigenvalue weighted by molar-refractivity contribution is 0.0531. The third kappa shape index (κ3) is 4.71. The van der Waals surface area contributed by atoms with Crippen molar-refractivity contribution in [3.05, 3.63) is 88.6 Å². The van der Waals surface area contributed by atoms with Crippen LogP contribution in [0.25, 0.3) is 0 Å². The highest BCUT2D eigenvalue weighted by Crippen LogP contribution is 2.43. The summed E-state index contributed by atoms with van der Waals surface area (Å²) < 4.78 is 70.8. The van der Waals surface area contributed by atoms with Gasteiger partial charge in [0.15, 0.2) is 0 Å². The molecule has 2 aliphatic rings. The van der Waals surface area contributed by atoms with Crippen LogP contribution in [0.15, 0.2) is 53.1 Å². The number of ether oxygens (including phenoxy) is 1. The van der Waals surface area contributed by atoms with Gasteiger partial charge in [-0.25, -0.2) is 22.2 Å². The zero-order valence-electron chi connectivity index (χ0n) is 20.6. The largest absolute Gasteiger partial charge is 0.448 e. The van der Waals surface area contributed by atoms with Crippen LogP contribution < -0.4 is 0 Å². The second kappa shape index (κ2) is 10.2. The Morgan fingerprint density at radius 1 is 1.11 bits per heavy atom. The Kier molecular flexibility index (Phi) is 7.19. The third-order valence-electron chi connectivity index (χ3n) is 7.64. The van der Waals surface area contributed by atoms with Gasteiger partial charge in [0.2, 0.25) is 15.9 Å². The van der Waals surface area contributed by atoms with E-state index in [0.717, 1.165) is 12.1 Å². The van der Waals surface area contributed by atoms with Gasteiger partial charge in [-0.3, -0.25) is 0 Å². The summed E-state index contributed by atoms with van der Waals surface area (Å²) in [6.07, 6.45) is 3.04. The number of hydrogen-bond acceptors (Lipinski definition) is 6. The van der Waals surface area contributed by atoms with Gasteiger partial charge in [-0.2, -0.15) is 4.31 Å². The number of aliphatic hydroxyl groups is 1. The average molecular weight is 533 g/mol. The zero-order valence-corrected chi connectivity index (χ0v) is 21.4. The summed E-state index contributed by atoms with van der Waals surface area (Å²) in [5.41, 5.74) is -0.0132. The molecule has 10 heteroatoms. The summed E-state index contributed by atoms with van der Waals surface area (Å²) >= 11 is 0. The highest BCUT2D eigenvalue weighted by atomic mass is 32.2. The first-order chi connectivity index (χ1) is 17.8. The van der Waals surface area contributed by atoms with E-state index in [4.69, 9.17) is 9.15 Å². The number of aromatic nitrogens is 1. The summed E-state index contributed by atoms with van der Waals surface area (Å²) in [6.45, 7) is 1.81. The number of oxazole rings is 1. The molecule has 2 fully saturated rings. The molecule has 0 unspecified atom stereocenters. The van der Waals surface area contributed by atoms with E-state index in [2.05, 4.69) is 4.98 Å². The molecule has 3 aromatic rings. The van der Waals surface area contributed by atoms with Crippen LogP contribution in [0.2, 0.25) is 0 Å². The van der Waals surface area contributed by atoms with Gasteiger partial charge in [-0.15, -0.1) is 0 Å². The maximum Gasteiger partial charge on any atom is 0.221 e. The Balaban J connectivity index is 1.49. The fourth-order valence-corrected chi connectivity index (χ4v) is 7.70. The summed E-state index contributed by atoms with van der Waals surface area (Å²) in [5, 5.41) is 8.69. The maximum absolute atomic E-state index is 15.7. The molecule has 2 saturated heterocycles. The van der Waals surface area contributed by atoms with Crippen molar-refractivity contribution in [1.29, 1.82) is 0 Å². The highest BCUT2D eigenvalue weighted by molar-refractivity contribution is 7.89. The molecule has 3 heterocycles. The van der Waals surface area contributed by atoms with Crippen LogP contribution in [0.5, 0.6) is 0 Å². The molecule has 0 bridgehead atoms. The molecule has 2 aromatic carbocycles. The average Bonchev–Trinajstić information content (AvgIpc) is 3.39. The quantitative estimate of drug-likeness (QED) is 0.499. The first-order valence-corrected chi connectivity index (χ1v) is 13.9. The zero-order chi connectivity index (χ0) is 26.2. The van der Waals surface area contributed by atoms with Crippen molar-refractivity contribution in [2.24, 2.45) is 0 Å². The van der Waals surface area contributed by atoms with Gasteiger partial charge < -0.3 is 14.3 Å². The maximum atomic E-state index is 15.7. The van der Waals surface area contributed by atoms with Crippen LogP contribution in [-0.2, 0) is 33.3 Å². The van der Waals surface area contributed by atoms with E-state index in [1.807, 2.05) is 6.07 Å². The molecule has 1 aromatic heterocycles. The van der Waals surface area contributed by atoms with Crippen molar-refractivity contribution in [3.63, 3.8) is 0 Å². The number of benzene rings is 2. The highest BCUT2D eigenvalue weighted by Gasteiger charge is 2.44. The lowest BCUT2D eigenvalue weighted by atomic mass is 9.73. The van der Waals surface area contributed by atoms with Crippen molar-refractivity contribution >= 4 is 10.0 Å². The van der Waals surface area contributed by atoms with E-state index in [9.17, 15) is 13.5 Å². The minimum atomic E-state index is -3.80. The van der Waals surface area contributed by atoms with Crippen molar-refractivity contribution in [2.75, 3.05) is 13.2 Å². The Labute approximate surface area is 215 Å². The molecule has 2 atom stereocenters. The number of halogens is 2. The molecule has 0 aliphatic carbocycles. The van der Waals surface area contributed by atoms with E-state index in [0.29, 0.717) is 50.2 Å². The smallest absolute Gasteiger partial charge is 0.221 e. The summed E-state index contributed by atoms with van der Waals surface area (Å²) in [6, 6.07) is 10.9. The summed E-state index contributed by atoms with van der Waals surface area (Å²) in [7, 11) is -3.80.